The first kappa shape index (κ1) is 17.6. The zero-order chi connectivity index (χ0) is 19.1. The largest absolute Gasteiger partial charge is 0.493 e. The van der Waals surface area contributed by atoms with Gasteiger partial charge in [-0.05, 0) is 68.4 Å². The number of ether oxygens (including phenoxy) is 2. The van der Waals surface area contributed by atoms with Gasteiger partial charge in [0.15, 0.2) is 5.58 Å². The molecule has 0 saturated heterocycles. The Labute approximate surface area is 164 Å². The summed E-state index contributed by atoms with van der Waals surface area (Å²) in [6.45, 7) is 2.55. The SMILES string of the molecule is C[C@H](O)c1ccc2nc([C@H]3CC[C@@H]3Oc3cccc(OCC4CC4)c3)oc2c1. The first-order valence-electron chi connectivity index (χ1n) is 10.1. The van der Waals surface area contributed by atoms with Crippen LogP contribution < -0.4 is 9.47 Å². The monoisotopic (exact) mass is 379 g/mol. The standard InChI is InChI=1S/C23H25NO4/c1-14(25)16-7-9-20-22(11-16)28-23(24-20)19-8-10-21(19)27-18-4-2-3-17(12-18)26-13-15-5-6-15/h2-4,7,9,11-12,14-15,19,21,25H,5-6,8,10,13H2,1H3/t14-,19-,21-/m0/s1. The van der Waals surface area contributed by atoms with E-state index in [0.29, 0.717) is 0 Å². The van der Waals surface area contributed by atoms with E-state index in [2.05, 4.69) is 4.98 Å². The van der Waals surface area contributed by atoms with Gasteiger partial charge in [0.05, 0.1) is 18.6 Å². The summed E-state index contributed by atoms with van der Waals surface area (Å²) in [6, 6.07) is 13.6. The number of rotatable bonds is 7. The van der Waals surface area contributed by atoms with Crippen LogP contribution in [-0.2, 0) is 0 Å². The molecule has 2 aromatic carbocycles. The summed E-state index contributed by atoms with van der Waals surface area (Å²) >= 11 is 0. The van der Waals surface area contributed by atoms with E-state index in [1.807, 2.05) is 42.5 Å². The zero-order valence-electron chi connectivity index (χ0n) is 16.0. The normalized spacial score (nSPS) is 22.6. The molecule has 146 valence electrons. The Balaban J connectivity index is 1.28. The van der Waals surface area contributed by atoms with Crippen LogP contribution in [-0.4, -0.2) is 22.8 Å². The molecule has 1 N–H and O–H groups in total. The Morgan fingerprint density at radius 3 is 2.71 bits per heavy atom. The second kappa shape index (κ2) is 7.13. The van der Waals surface area contributed by atoms with Crippen molar-refractivity contribution in [3.8, 4) is 11.5 Å². The third kappa shape index (κ3) is 3.59. The van der Waals surface area contributed by atoms with Crippen LogP contribution in [0.2, 0.25) is 0 Å². The minimum atomic E-state index is -0.521. The maximum atomic E-state index is 9.76. The quantitative estimate of drug-likeness (QED) is 0.626. The molecule has 5 rings (SSSR count). The lowest BCUT2D eigenvalue weighted by Crippen LogP contribution is -2.34. The van der Waals surface area contributed by atoms with Gasteiger partial charge in [-0.25, -0.2) is 4.98 Å². The third-order valence-corrected chi connectivity index (χ3v) is 5.72. The molecule has 2 saturated carbocycles. The molecule has 1 aromatic heterocycles. The number of aliphatic hydroxyl groups excluding tert-OH is 1. The van der Waals surface area contributed by atoms with E-state index >= 15 is 0 Å². The van der Waals surface area contributed by atoms with E-state index in [-0.39, 0.29) is 12.0 Å². The lowest BCUT2D eigenvalue weighted by molar-refractivity contribution is 0.0769. The molecule has 1 heterocycles. The number of aliphatic hydroxyl groups is 1. The van der Waals surface area contributed by atoms with Crippen LogP contribution in [0.1, 0.15) is 56.1 Å². The van der Waals surface area contributed by atoms with Crippen LogP contribution in [0.25, 0.3) is 11.1 Å². The number of aromatic nitrogens is 1. The van der Waals surface area contributed by atoms with Crippen LogP contribution in [0.15, 0.2) is 46.9 Å². The lowest BCUT2D eigenvalue weighted by Gasteiger charge is -2.34. The van der Waals surface area contributed by atoms with Crippen LogP contribution in [0.5, 0.6) is 11.5 Å². The number of oxazole rings is 1. The fourth-order valence-electron chi connectivity index (χ4n) is 3.58. The maximum Gasteiger partial charge on any atom is 0.202 e. The average Bonchev–Trinajstić information content (AvgIpc) is 3.41. The first-order valence-corrected chi connectivity index (χ1v) is 10.1. The number of nitrogens with zero attached hydrogens (tertiary/aromatic N) is 1. The Hall–Kier alpha value is -2.53. The Morgan fingerprint density at radius 1 is 1.11 bits per heavy atom. The van der Waals surface area contributed by atoms with E-state index in [1.54, 1.807) is 6.92 Å². The number of hydrogen-bond acceptors (Lipinski definition) is 5. The van der Waals surface area contributed by atoms with Crippen molar-refractivity contribution in [3.63, 3.8) is 0 Å². The molecule has 5 heteroatoms. The summed E-state index contributed by atoms with van der Waals surface area (Å²) < 4.78 is 18.1. The smallest absolute Gasteiger partial charge is 0.202 e. The van der Waals surface area contributed by atoms with Gasteiger partial charge in [0, 0.05) is 6.07 Å². The van der Waals surface area contributed by atoms with Gasteiger partial charge in [-0.1, -0.05) is 12.1 Å². The van der Waals surface area contributed by atoms with E-state index in [1.165, 1.54) is 12.8 Å². The lowest BCUT2D eigenvalue weighted by atomic mass is 9.81. The number of benzene rings is 2. The highest BCUT2D eigenvalue weighted by Gasteiger charge is 2.38. The molecule has 3 atom stereocenters. The van der Waals surface area contributed by atoms with Gasteiger partial charge in [-0.2, -0.15) is 0 Å². The Bertz CT molecular complexity index is 976. The van der Waals surface area contributed by atoms with Crippen LogP contribution >= 0.6 is 0 Å². The van der Waals surface area contributed by atoms with Gasteiger partial charge in [0.2, 0.25) is 5.89 Å². The molecule has 0 aliphatic heterocycles. The summed E-state index contributed by atoms with van der Waals surface area (Å²) in [6.07, 6.45) is 4.08. The van der Waals surface area contributed by atoms with Crippen molar-refractivity contribution in [3.05, 3.63) is 53.9 Å². The fourth-order valence-corrected chi connectivity index (χ4v) is 3.58. The van der Waals surface area contributed by atoms with Crippen LogP contribution in [0, 0.1) is 5.92 Å². The maximum absolute atomic E-state index is 9.76. The molecule has 5 nitrogen and oxygen atoms in total. The van der Waals surface area contributed by atoms with Crippen molar-refractivity contribution in [1.82, 2.24) is 4.98 Å². The predicted molar refractivity (Wildman–Crippen MR) is 106 cm³/mol. The number of fused-ring (bicyclic) bond motifs is 1. The van der Waals surface area contributed by atoms with Crippen molar-refractivity contribution >= 4 is 11.1 Å². The van der Waals surface area contributed by atoms with Gasteiger partial charge in [0.1, 0.15) is 23.1 Å². The van der Waals surface area contributed by atoms with E-state index < -0.39 is 6.10 Å². The van der Waals surface area contributed by atoms with Gasteiger partial charge in [-0.3, -0.25) is 0 Å². The van der Waals surface area contributed by atoms with Gasteiger partial charge >= 0.3 is 0 Å². The second-order valence-electron chi connectivity index (χ2n) is 8.02. The highest BCUT2D eigenvalue weighted by Crippen LogP contribution is 2.41. The molecule has 2 aliphatic rings. The van der Waals surface area contributed by atoms with E-state index in [4.69, 9.17) is 13.9 Å². The molecule has 0 bridgehead atoms. The topological polar surface area (TPSA) is 64.7 Å². The van der Waals surface area contributed by atoms with Crippen LogP contribution in [0.4, 0.5) is 0 Å². The zero-order valence-corrected chi connectivity index (χ0v) is 16.0. The highest BCUT2D eigenvalue weighted by atomic mass is 16.5. The number of hydrogen-bond donors (Lipinski definition) is 1. The summed E-state index contributed by atoms with van der Waals surface area (Å²) in [7, 11) is 0. The van der Waals surface area contributed by atoms with Crippen molar-refractivity contribution in [2.24, 2.45) is 5.92 Å². The Kier molecular flexibility index (Phi) is 4.47. The van der Waals surface area contributed by atoms with E-state index in [9.17, 15) is 5.11 Å². The van der Waals surface area contributed by atoms with Crippen molar-refractivity contribution in [1.29, 1.82) is 0 Å². The molecule has 2 fully saturated rings. The van der Waals surface area contributed by atoms with Crippen molar-refractivity contribution < 1.29 is 19.0 Å². The molecule has 0 radical (unpaired) electrons. The summed E-state index contributed by atoms with van der Waals surface area (Å²) in [5.74, 6) is 3.30. The summed E-state index contributed by atoms with van der Waals surface area (Å²) in [5.41, 5.74) is 2.37. The minimum Gasteiger partial charge on any atom is -0.493 e. The summed E-state index contributed by atoms with van der Waals surface area (Å²) in [5, 5.41) is 9.76. The fraction of sp³-hybridized carbons (Fsp3) is 0.435. The van der Waals surface area contributed by atoms with Gasteiger partial charge < -0.3 is 19.0 Å². The second-order valence-corrected chi connectivity index (χ2v) is 8.02. The summed E-state index contributed by atoms with van der Waals surface area (Å²) in [4.78, 5) is 4.65. The molecule has 2 aliphatic carbocycles. The van der Waals surface area contributed by atoms with Crippen LogP contribution in [0.3, 0.4) is 0 Å². The predicted octanol–water partition coefficient (Wildman–Crippen LogP) is 4.99. The average molecular weight is 379 g/mol. The Morgan fingerprint density at radius 2 is 1.96 bits per heavy atom. The van der Waals surface area contributed by atoms with Gasteiger partial charge in [-0.15, -0.1) is 0 Å². The first-order chi connectivity index (χ1) is 13.7. The molecule has 0 amide bonds. The third-order valence-electron chi connectivity index (χ3n) is 5.72. The molecule has 0 unspecified atom stereocenters. The molecular formula is C23H25NO4. The van der Waals surface area contributed by atoms with E-state index in [0.717, 1.165) is 59.4 Å². The van der Waals surface area contributed by atoms with Crippen molar-refractivity contribution in [2.75, 3.05) is 6.61 Å². The molecule has 0 spiro atoms. The van der Waals surface area contributed by atoms with Crippen molar-refractivity contribution in [2.45, 2.75) is 50.7 Å². The molecule has 28 heavy (non-hydrogen) atoms. The minimum absolute atomic E-state index is 0.0583. The highest BCUT2D eigenvalue weighted by molar-refractivity contribution is 5.73. The molecule has 3 aromatic rings. The molecular weight excluding hydrogens is 354 g/mol. The van der Waals surface area contributed by atoms with Gasteiger partial charge in [0.25, 0.3) is 0 Å².